The van der Waals surface area contributed by atoms with E-state index in [9.17, 15) is 22.4 Å². The van der Waals surface area contributed by atoms with Crippen molar-refractivity contribution in [2.75, 3.05) is 19.5 Å². The highest BCUT2D eigenvalue weighted by molar-refractivity contribution is 7.96. The SMILES string of the molecule is COC(=O)/C(=C\Nc1ccsc1C(=O)OC)S(=O)(=O)c1ccc(F)c(Cl)c1. The standard InChI is InChI=1S/C16H13ClFNO6S2/c1-24-15(20)13(8-19-12-5-6-26-14(12)16(21)25-2)27(22,23)9-3-4-11(18)10(17)7-9/h3-8,19H,1-2H3/b13-8+. The van der Waals surface area contributed by atoms with Crippen LogP contribution in [-0.2, 0) is 24.1 Å². The maximum atomic E-state index is 13.3. The topological polar surface area (TPSA) is 98.8 Å². The molecule has 0 bridgehead atoms. The molecular formula is C16H13ClFNO6S2. The average molecular weight is 434 g/mol. The number of carbonyl (C=O) groups is 2. The van der Waals surface area contributed by atoms with Gasteiger partial charge in [0, 0.05) is 6.20 Å². The molecule has 0 atom stereocenters. The Bertz CT molecular complexity index is 1020. The summed E-state index contributed by atoms with van der Waals surface area (Å²) in [7, 11) is -2.18. The van der Waals surface area contributed by atoms with E-state index in [1.165, 1.54) is 13.2 Å². The number of thiophene rings is 1. The first-order chi connectivity index (χ1) is 12.7. The molecule has 144 valence electrons. The first-order valence-electron chi connectivity index (χ1n) is 7.13. The van der Waals surface area contributed by atoms with Crippen molar-refractivity contribution in [2.24, 2.45) is 0 Å². The van der Waals surface area contributed by atoms with Gasteiger partial charge < -0.3 is 14.8 Å². The van der Waals surface area contributed by atoms with Crippen molar-refractivity contribution in [3.8, 4) is 0 Å². The molecule has 0 amide bonds. The number of methoxy groups -OCH3 is 2. The minimum atomic E-state index is -4.38. The van der Waals surface area contributed by atoms with Crippen LogP contribution in [0.15, 0.2) is 45.6 Å². The lowest BCUT2D eigenvalue weighted by molar-refractivity contribution is -0.135. The third-order valence-electron chi connectivity index (χ3n) is 3.27. The van der Waals surface area contributed by atoms with Gasteiger partial charge in [-0.2, -0.15) is 0 Å². The van der Waals surface area contributed by atoms with E-state index < -0.39 is 42.4 Å². The van der Waals surface area contributed by atoms with Gasteiger partial charge in [0.1, 0.15) is 10.7 Å². The predicted molar refractivity (Wildman–Crippen MR) is 98.0 cm³/mol. The predicted octanol–water partition coefficient (Wildman–Crippen LogP) is 3.23. The Balaban J connectivity index is 2.47. The summed E-state index contributed by atoms with van der Waals surface area (Å²) >= 11 is 6.69. The lowest BCUT2D eigenvalue weighted by atomic mass is 10.3. The number of esters is 2. The van der Waals surface area contributed by atoms with E-state index >= 15 is 0 Å². The minimum Gasteiger partial charge on any atom is -0.465 e. The van der Waals surface area contributed by atoms with Gasteiger partial charge in [0.2, 0.25) is 9.84 Å². The third kappa shape index (κ3) is 4.46. The van der Waals surface area contributed by atoms with Crippen LogP contribution < -0.4 is 5.32 Å². The van der Waals surface area contributed by atoms with Crippen molar-refractivity contribution < 1.29 is 31.9 Å². The molecule has 1 N–H and O–H groups in total. The van der Waals surface area contributed by atoms with Gasteiger partial charge in [-0.15, -0.1) is 11.3 Å². The molecule has 7 nitrogen and oxygen atoms in total. The van der Waals surface area contributed by atoms with Gasteiger partial charge >= 0.3 is 11.9 Å². The van der Waals surface area contributed by atoms with Crippen LogP contribution in [0.2, 0.25) is 5.02 Å². The summed E-state index contributed by atoms with van der Waals surface area (Å²) in [6.45, 7) is 0. The molecule has 27 heavy (non-hydrogen) atoms. The fourth-order valence-electron chi connectivity index (χ4n) is 1.93. The van der Waals surface area contributed by atoms with E-state index in [0.717, 1.165) is 42.8 Å². The number of halogens is 2. The summed E-state index contributed by atoms with van der Waals surface area (Å²) in [4.78, 5) is 22.7. The minimum absolute atomic E-state index is 0.181. The first kappa shape index (κ1) is 20.9. The smallest absolute Gasteiger partial charge is 0.351 e. The van der Waals surface area contributed by atoms with Gasteiger partial charge in [0.15, 0.2) is 4.91 Å². The van der Waals surface area contributed by atoms with Crippen LogP contribution >= 0.6 is 22.9 Å². The van der Waals surface area contributed by atoms with Crippen molar-refractivity contribution >= 4 is 50.4 Å². The first-order valence-corrected chi connectivity index (χ1v) is 9.87. The zero-order valence-electron chi connectivity index (χ0n) is 14.0. The fraction of sp³-hybridized carbons (Fsp3) is 0.125. The zero-order chi connectivity index (χ0) is 20.2. The van der Waals surface area contributed by atoms with Crippen LogP contribution in [0.5, 0.6) is 0 Å². The summed E-state index contributed by atoms with van der Waals surface area (Å²) in [6, 6.07) is 4.22. The Hall–Kier alpha value is -2.43. The molecule has 0 unspecified atom stereocenters. The molecule has 0 aliphatic heterocycles. The molecule has 2 aromatic rings. The lowest BCUT2D eigenvalue weighted by Gasteiger charge is -2.09. The summed E-state index contributed by atoms with van der Waals surface area (Å²) in [5.41, 5.74) is 0.237. The van der Waals surface area contributed by atoms with Crippen LogP contribution in [0.3, 0.4) is 0 Å². The Labute approximate surface area is 163 Å². The van der Waals surface area contributed by atoms with E-state index in [2.05, 4.69) is 14.8 Å². The second-order valence-corrected chi connectivity index (χ2v) is 8.12. The maximum absolute atomic E-state index is 13.3. The van der Waals surface area contributed by atoms with Gasteiger partial charge in [-0.25, -0.2) is 22.4 Å². The highest BCUT2D eigenvalue weighted by Crippen LogP contribution is 2.27. The number of hydrogen-bond acceptors (Lipinski definition) is 8. The van der Waals surface area contributed by atoms with Gasteiger partial charge in [-0.3, -0.25) is 0 Å². The Morgan fingerprint density at radius 3 is 2.52 bits per heavy atom. The number of benzene rings is 1. The van der Waals surface area contributed by atoms with Crippen molar-refractivity contribution in [1.82, 2.24) is 0 Å². The zero-order valence-corrected chi connectivity index (χ0v) is 16.4. The van der Waals surface area contributed by atoms with Crippen LogP contribution in [0, 0.1) is 5.82 Å². The molecular weight excluding hydrogens is 421 g/mol. The number of carbonyl (C=O) groups excluding carboxylic acids is 2. The highest BCUT2D eigenvalue weighted by Gasteiger charge is 2.29. The Morgan fingerprint density at radius 2 is 1.93 bits per heavy atom. The molecule has 0 saturated heterocycles. The average Bonchev–Trinajstić information content (AvgIpc) is 3.11. The molecule has 1 aromatic heterocycles. The molecule has 11 heteroatoms. The molecule has 1 aromatic carbocycles. The normalized spacial score (nSPS) is 11.8. The number of ether oxygens (including phenoxy) is 2. The van der Waals surface area contributed by atoms with Crippen molar-refractivity contribution in [1.29, 1.82) is 0 Å². The number of hydrogen-bond donors (Lipinski definition) is 1. The van der Waals surface area contributed by atoms with E-state index in [-0.39, 0.29) is 10.6 Å². The third-order valence-corrected chi connectivity index (χ3v) is 6.19. The molecule has 0 saturated carbocycles. The second kappa shape index (κ2) is 8.51. The van der Waals surface area contributed by atoms with Gasteiger partial charge in [0.25, 0.3) is 0 Å². The molecule has 1 heterocycles. The van der Waals surface area contributed by atoms with Crippen LogP contribution in [0.4, 0.5) is 10.1 Å². The largest absolute Gasteiger partial charge is 0.465 e. The Morgan fingerprint density at radius 1 is 1.22 bits per heavy atom. The van der Waals surface area contributed by atoms with E-state index in [1.54, 1.807) is 5.38 Å². The van der Waals surface area contributed by atoms with Crippen LogP contribution in [0.25, 0.3) is 0 Å². The number of nitrogens with one attached hydrogen (secondary N) is 1. The van der Waals surface area contributed by atoms with Gasteiger partial charge in [0.05, 0.1) is 29.8 Å². The fourth-order valence-corrected chi connectivity index (χ4v) is 4.24. The molecule has 0 aliphatic carbocycles. The maximum Gasteiger partial charge on any atom is 0.351 e. The number of sulfone groups is 1. The van der Waals surface area contributed by atoms with E-state index in [4.69, 9.17) is 11.6 Å². The van der Waals surface area contributed by atoms with E-state index in [1.807, 2.05) is 0 Å². The van der Waals surface area contributed by atoms with Crippen molar-refractivity contribution in [2.45, 2.75) is 4.90 Å². The van der Waals surface area contributed by atoms with E-state index in [0.29, 0.717) is 0 Å². The molecule has 0 radical (unpaired) electrons. The number of rotatable bonds is 6. The summed E-state index contributed by atoms with van der Waals surface area (Å²) < 4.78 is 48.0. The number of anilines is 1. The van der Waals surface area contributed by atoms with Crippen molar-refractivity contribution in [3.05, 3.63) is 56.5 Å². The van der Waals surface area contributed by atoms with Crippen LogP contribution in [0.1, 0.15) is 9.67 Å². The second-order valence-electron chi connectivity index (χ2n) is 4.88. The van der Waals surface area contributed by atoms with Gasteiger partial charge in [-0.05, 0) is 29.6 Å². The van der Waals surface area contributed by atoms with Crippen LogP contribution in [-0.4, -0.2) is 34.6 Å². The quantitative estimate of drug-likeness (QED) is 0.424. The van der Waals surface area contributed by atoms with Crippen molar-refractivity contribution in [3.63, 3.8) is 0 Å². The summed E-state index contributed by atoms with van der Waals surface area (Å²) in [5.74, 6) is -2.59. The Kier molecular flexibility index (Phi) is 6.58. The summed E-state index contributed by atoms with van der Waals surface area (Å²) in [6.07, 6.45) is 0.882. The molecule has 0 spiro atoms. The highest BCUT2D eigenvalue weighted by atomic mass is 35.5. The summed E-state index contributed by atoms with van der Waals surface area (Å²) in [5, 5.41) is 3.75. The molecule has 0 fully saturated rings. The molecule has 2 rings (SSSR count). The van der Waals surface area contributed by atoms with Gasteiger partial charge in [-0.1, -0.05) is 11.6 Å². The molecule has 0 aliphatic rings. The lowest BCUT2D eigenvalue weighted by Crippen LogP contribution is -2.17. The monoisotopic (exact) mass is 433 g/mol.